The monoisotopic (exact) mass is 139 g/mol. The number of carbonyl (C=O) groups is 1. The normalized spacial score (nSPS) is 11.4. The molecular formula is C6H5NO3. The van der Waals surface area contributed by atoms with Crippen LogP contribution in [0.3, 0.4) is 0 Å². The van der Waals surface area contributed by atoms with E-state index < -0.39 is 0 Å². The smallest absolute Gasteiger partial charge is 0.184 e. The minimum absolute atomic E-state index is 0.106. The summed E-state index contributed by atoms with van der Waals surface area (Å²) in [5.41, 5.74) is -0.106. The van der Waals surface area contributed by atoms with Crippen LogP contribution in [0, 0.1) is 0 Å². The molecule has 0 bridgehead atoms. The molecule has 0 aliphatic carbocycles. The topological polar surface area (TPSA) is 62.8 Å². The molecule has 0 atom stereocenters. The number of carbonyl (C=O) groups excluding carboxylic acids is 1. The first kappa shape index (κ1) is 6.54. The summed E-state index contributed by atoms with van der Waals surface area (Å²) in [5, 5.41) is 10.9. The maximum Gasteiger partial charge on any atom is 0.184 e. The average molecular weight is 139 g/mol. The molecule has 1 aromatic rings. The molecule has 0 fully saturated rings. The number of hydrogen-bond donors (Lipinski definition) is 1. The summed E-state index contributed by atoms with van der Waals surface area (Å²) in [6.07, 6.45) is 1.81. The van der Waals surface area contributed by atoms with E-state index in [2.05, 4.69) is 5.16 Å². The van der Waals surface area contributed by atoms with Crippen LogP contribution in [0.1, 0.15) is 5.76 Å². The van der Waals surface area contributed by atoms with Gasteiger partial charge in [0.1, 0.15) is 0 Å². The molecule has 52 valence electrons. The fourth-order valence-electron chi connectivity index (χ4n) is 0.555. The van der Waals surface area contributed by atoms with Crippen LogP contribution in [0.5, 0.6) is 0 Å². The first-order valence-electron chi connectivity index (χ1n) is 2.59. The Morgan fingerprint density at radius 3 is 3.00 bits per heavy atom. The molecule has 0 spiro atoms. The molecule has 1 N–H and O–H groups in total. The van der Waals surface area contributed by atoms with Crippen molar-refractivity contribution in [2.24, 2.45) is 5.16 Å². The maximum atomic E-state index is 10.1. The lowest BCUT2D eigenvalue weighted by Crippen LogP contribution is -1.99. The Bertz CT molecular complexity index is 238. The van der Waals surface area contributed by atoms with Gasteiger partial charge in [0.15, 0.2) is 17.8 Å². The Hall–Kier alpha value is -1.58. The third-order valence-electron chi connectivity index (χ3n) is 0.993. The number of rotatable bonds is 2. The van der Waals surface area contributed by atoms with Gasteiger partial charge in [-0.1, -0.05) is 5.16 Å². The summed E-state index contributed by atoms with van der Waals surface area (Å²) in [6, 6.07) is 3.13. The number of aldehydes is 1. The number of furan rings is 1. The molecule has 0 saturated carbocycles. The van der Waals surface area contributed by atoms with Gasteiger partial charge in [-0.25, -0.2) is 0 Å². The van der Waals surface area contributed by atoms with Gasteiger partial charge in [0.25, 0.3) is 0 Å². The van der Waals surface area contributed by atoms with Crippen molar-refractivity contribution in [1.82, 2.24) is 0 Å². The van der Waals surface area contributed by atoms with E-state index in [9.17, 15) is 4.79 Å². The van der Waals surface area contributed by atoms with E-state index in [0.717, 1.165) is 0 Å². The van der Waals surface area contributed by atoms with Gasteiger partial charge in [-0.15, -0.1) is 0 Å². The summed E-state index contributed by atoms with van der Waals surface area (Å²) in [5.74, 6) is 0.262. The van der Waals surface area contributed by atoms with Crippen molar-refractivity contribution >= 4 is 12.0 Å². The van der Waals surface area contributed by atoms with E-state index in [0.29, 0.717) is 6.29 Å². The zero-order chi connectivity index (χ0) is 7.40. The van der Waals surface area contributed by atoms with Crippen LogP contribution in [-0.4, -0.2) is 17.2 Å². The van der Waals surface area contributed by atoms with Crippen molar-refractivity contribution in [3.8, 4) is 0 Å². The Morgan fingerprint density at radius 2 is 2.60 bits per heavy atom. The second-order valence-electron chi connectivity index (χ2n) is 1.58. The highest BCUT2D eigenvalue weighted by atomic mass is 16.4. The van der Waals surface area contributed by atoms with Gasteiger partial charge in [-0.3, -0.25) is 4.79 Å². The van der Waals surface area contributed by atoms with Crippen molar-refractivity contribution in [1.29, 1.82) is 0 Å². The first-order chi connectivity index (χ1) is 4.88. The lowest BCUT2D eigenvalue weighted by Gasteiger charge is -1.85. The summed E-state index contributed by atoms with van der Waals surface area (Å²) in [7, 11) is 0. The van der Waals surface area contributed by atoms with Crippen LogP contribution in [0.15, 0.2) is 28.0 Å². The molecule has 1 heterocycles. The average Bonchev–Trinajstić information content (AvgIpc) is 2.43. The van der Waals surface area contributed by atoms with Gasteiger partial charge in [0, 0.05) is 0 Å². The lowest BCUT2D eigenvalue weighted by atomic mass is 10.3. The molecule has 0 amide bonds. The second-order valence-corrected chi connectivity index (χ2v) is 1.58. The predicted molar refractivity (Wildman–Crippen MR) is 33.1 cm³/mol. The lowest BCUT2D eigenvalue weighted by molar-refractivity contribution is -0.102. The molecule has 4 heteroatoms. The maximum absolute atomic E-state index is 10.1. The molecule has 1 rings (SSSR count). The van der Waals surface area contributed by atoms with Gasteiger partial charge in [0.05, 0.1) is 6.26 Å². The summed E-state index contributed by atoms with van der Waals surface area (Å²) in [4.78, 5) is 10.1. The van der Waals surface area contributed by atoms with Crippen LogP contribution in [0.2, 0.25) is 0 Å². The van der Waals surface area contributed by atoms with E-state index in [1.807, 2.05) is 0 Å². The van der Waals surface area contributed by atoms with Crippen molar-refractivity contribution < 1.29 is 14.4 Å². The highest BCUT2D eigenvalue weighted by molar-refractivity contribution is 6.35. The quantitative estimate of drug-likeness (QED) is 0.283. The number of oxime groups is 1. The van der Waals surface area contributed by atoms with Crippen molar-refractivity contribution in [2.45, 2.75) is 0 Å². The third-order valence-corrected chi connectivity index (χ3v) is 0.993. The fourth-order valence-corrected chi connectivity index (χ4v) is 0.555. The molecule has 0 unspecified atom stereocenters. The van der Waals surface area contributed by atoms with Crippen LogP contribution in [-0.2, 0) is 4.79 Å². The number of nitrogens with zero attached hydrogens (tertiary/aromatic N) is 1. The van der Waals surface area contributed by atoms with Gasteiger partial charge in [-0.05, 0) is 12.1 Å². The van der Waals surface area contributed by atoms with Gasteiger partial charge >= 0.3 is 0 Å². The van der Waals surface area contributed by atoms with E-state index in [1.165, 1.54) is 12.3 Å². The summed E-state index contributed by atoms with van der Waals surface area (Å²) in [6.45, 7) is 0. The largest absolute Gasteiger partial charge is 0.462 e. The van der Waals surface area contributed by atoms with Crippen LogP contribution in [0.4, 0.5) is 0 Å². The third kappa shape index (κ3) is 1.05. The molecule has 1 aromatic heterocycles. The van der Waals surface area contributed by atoms with Crippen LogP contribution < -0.4 is 0 Å². The molecule has 10 heavy (non-hydrogen) atoms. The zero-order valence-electron chi connectivity index (χ0n) is 5.02. The Morgan fingerprint density at radius 1 is 1.80 bits per heavy atom. The highest BCUT2D eigenvalue weighted by Gasteiger charge is 2.03. The fraction of sp³-hybridized carbons (Fsp3) is 0. The molecule has 0 saturated heterocycles. The molecule has 0 aliphatic heterocycles. The van der Waals surface area contributed by atoms with Crippen LogP contribution >= 0.6 is 0 Å². The molecule has 0 aromatic carbocycles. The van der Waals surface area contributed by atoms with E-state index in [1.54, 1.807) is 6.07 Å². The SMILES string of the molecule is O=C/C(=N\O)c1ccco1. The molecule has 0 aliphatic rings. The van der Waals surface area contributed by atoms with Crippen LogP contribution in [0.25, 0.3) is 0 Å². The van der Waals surface area contributed by atoms with E-state index >= 15 is 0 Å². The Balaban J connectivity index is 2.95. The van der Waals surface area contributed by atoms with Crippen molar-refractivity contribution in [3.05, 3.63) is 24.2 Å². The summed E-state index contributed by atoms with van der Waals surface area (Å²) < 4.78 is 4.76. The van der Waals surface area contributed by atoms with Gasteiger partial charge < -0.3 is 9.62 Å². The molecular weight excluding hydrogens is 134 g/mol. The minimum Gasteiger partial charge on any atom is -0.462 e. The Labute approximate surface area is 56.8 Å². The second kappa shape index (κ2) is 2.82. The highest BCUT2D eigenvalue weighted by Crippen LogP contribution is 1.99. The van der Waals surface area contributed by atoms with Crippen molar-refractivity contribution in [2.75, 3.05) is 0 Å². The standard InChI is InChI=1S/C6H5NO3/c8-4-5(7-9)6-2-1-3-10-6/h1-4,9H/b7-5+. The van der Waals surface area contributed by atoms with Gasteiger partial charge in [0.2, 0.25) is 0 Å². The van der Waals surface area contributed by atoms with E-state index in [-0.39, 0.29) is 11.5 Å². The van der Waals surface area contributed by atoms with E-state index in [4.69, 9.17) is 9.62 Å². The van der Waals surface area contributed by atoms with Gasteiger partial charge in [-0.2, -0.15) is 0 Å². The first-order valence-corrected chi connectivity index (χ1v) is 2.59. The summed E-state index contributed by atoms with van der Waals surface area (Å²) >= 11 is 0. The molecule has 0 radical (unpaired) electrons. The zero-order valence-corrected chi connectivity index (χ0v) is 5.02. The predicted octanol–water partition coefficient (Wildman–Crippen LogP) is 0.657. The Kier molecular flexibility index (Phi) is 1.84. The molecule has 4 nitrogen and oxygen atoms in total. The van der Waals surface area contributed by atoms with Crippen molar-refractivity contribution in [3.63, 3.8) is 0 Å². The number of hydrogen-bond acceptors (Lipinski definition) is 4. The minimum atomic E-state index is -0.106.